The van der Waals surface area contributed by atoms with Gasteiger partial charge in [-0.15, -0.1) is 0 Å². The van der Waals surface area contributed by atoms with Crippen LogP contribution in [0.25, 0.3) is 76.9 Å². The van der Waals surface area contributed by atoms with Crippen molar-refractivity contribution in [3.8, 4) is 33.4 Å². The van der Waals surface area contributed by atoms with E-state index < -0.39 is 0 Å². The van der Waals surface area contributed by atoms with E-state index >= 15 is 0 Å². The summed E-state index contributed by atoms with van der Waals surface area (Å²) in [5.74, 6) is 0. The van der Waals surface area contributed by atoms with Crippen LogP contribution in [0.15, 0.2) is 205 Å². The number of fused-ring (bicyclic) bond motifs is 5. The lowest BCUT2D eigenvalue weighted by atomic mass is 9.97. The molecule has 0 aliphatic carbocycles. The van der Waals surface area contributed by atoms with Gasteiger partial charge in [0.2, 0.25) is 0 Å². The maximum Gasteiger partial charge on any atom is 0.136 e. The summed E-state index contributed by atoms with van der Waals surface area (Å²) in [6, 6.07) is 71.8. The fourth-order valence-electron chi connectivity index (χ4n) is 7.71. The molecule has 52 heavy (non-hydrogen) atoms. The highest BCUT2D eigenvalue weighted by Gasteiger charge is 2.17. The van der Waals surface area contributed by atoms with Gasteiger partial charge >= 0.3 is 0 Å². The Kier molecular flexibility index (Phi) is 7.18. The molecule has 2 heteroatoms. The third kappa shape index (κ3) is 5.21. The summed E-state index contributed by atoms with van der Waals surface area (Å²) in [6.07, 6.45) is 0. The molecule has 0 bridgehead atoms. The first-order valence-electron chi connectivity index (χ1n) is 17.8. The molecule has 1 heterocycles. The summed E-state index contributed by atoms with van der Waals surface area (Å²) in [5, 5.41) is 7.27. The highest BCUT2D eigenvalue weighted by molar-refractivity contribution is 6.12. The molecule has 0 unspecified atom stereocenters. The largest absolute Gasteiger partial charge is 0.456 e. The van der Waals surface area contributed by atoms with Crippen LogP contribution in [0, 0.1) is 0 Å². The van der Waals surface area contributed by atoms with Crippen LogP contribution in [-0.4, -0.2) is 0 Å². The average molecular weight is 664 g/mol. The number of para-hydroxylation sites is 1. The lowest BCUT2D eigenvalue weighted by Gasteiger charge is -2.26. The van der Waals surface area contributed by atoms with E-state index in [1.807, 2.05) is 12.1 Å². The fraction of sp³-hybridized carbons (Fsp3) is 0. The Morgan fingerprint density at radius 2 is 0.865 bits per heavy atom. The van der Waals surface area contributed by atoms with Gasteiger partial charge < -0.3 is 9.32 Å². The number of rotatable bonds is 6. The second-order valence-electron chi connectivity index (χ2n) is 13.3. The molecule has 10 rings (SSSR count). The summed E-state index contributed by atoms with van der Waals surface area (Å²) in [7, 11) is 0. The summed E-state index contributed by atoms with van der Waals surface area (Å²) in [4.78, 5) is 2.36. The maximum absolute atomic E-state index is 6.22. The molecule has 0 atom stereocenters. The normalized spacial score (nSPS) is 11.5. The second kappa shape index (κ2) is 12.5. The molecular formula is C50H33NO. The van der Waals surface area contributed by atoms with E-state index in [2.05, 4.69) is 193 Å². The lowest BCUT2D eigenvalue weighted by Crippen LogP contribution is -2.10. The predicted octanol–water partition coefficient (Wildman–Crippen LogP) is 14.4. The van der Waals surface area contributed by atoms with Gasteiger partial charge in [-0.3, -0.25) is 0 Å². The molecule has 0 amide bonds. The zero-order chi connectivity index (χ0) is 34.4. The predicted molar refractivity (Wildman–Crippen MR) is 220 cm³/mol. The van der Waals surface area contributed by atoms with Gasteiger partial charge in [-0.2, -0.15) is 0 Å². The molecule has 0 fully saturated rings. The Morgan fingerprint density at radius 1 is 0.308 bits per heavy atom. The summed E-state index contributed by atoms with van der Waals surface area (Å²) >= 11 is 0. The third-order valence-electron chi connectivity index (χ3n) is 10.3. The van der Waals surface area contributed by atoms with Crippen LogP contribution in [0.2, 0.25) is 0 Å². The topological polar surface area (TPSA) is 16.4 Å². The molecule has 0 aliphatic rings. The summed E-state index contributed by atoms with van der Waals surface area (Å²) in [6.45, 7) is 0. The van der Waals surface area contributed by atoms with Crippen molar-refractivity contribution in [3.63, 3.8) is 0 Å². The van der Waals surface area contributed by atoms with Gasteiger partial charge in [0.1, 0.15) is 11.2 Å². The molecule has 0 aliphatic heterocycles. The van der Waals surface area contributed by atoms with Gasteiger partial charge in [-0.05, 0) is 110 Å². The van der Waals surface area contributed by atoms with Crippen LogP contribution >= 0.6 is 0 Å². The number of anilines is 3. The monoisotopic (exact) mass is 663 g/mol. The molecular weight excluding hydrogens is 631 g/mol. The Bertz CT molecular complexity index is 2890. The first-order chi connectivity index (χ1) is 25.8. The third-order valence-corrected chi connectivity index (χ3v) is 10.3. The van der Waals surface area contributed by atoms with E-state index in [1.165, 1.54) is 49.4 Å². The van der Waals surface area contributed by atoms with Crippen molar-refractivity contribution in [1.29, 1.82) is 0 Å². The van der Waals surface area contributed by atoms with Crippen molar-refractivity contribution in [3.05, 3.63) is 200 Å². The van der Waals surface area contributed by atoms with Crippen LogP contribution in [0.4, 0.5) is 17.1 Å². The standard InChI is InChI=1S/C50H33NO/c1-2-12-38-32-40(23-22-34(38)10-1)39-14-7-15-43(33-39)51(41-28-24-36(25-29-41)45-18-8-13-35-11-3-4-16-44(35)45)42-30-26-37(27-31-42)46-19-9-21-49-50(46)47-17-5-6-20-48(47)52-49/h1-33H. The first-order valence-corrected chi connectivity index (χ1v) is 17.8. The minimum Gasteiger partial charge on any atom is -0.456 e. The second-order valence-corrected chi connectivity index (χ2v) is 13.3. The van der Waals surface area contributed by atoms with E-state index in [0.29, 0.717) is 0 Å². The number of furan rings is 1. The SMILES string of the molecule is c1cc(-c2ccc3ccccc3c2)cc(N(c2ccc(-c3cccc4ccccc34)cc2)c2ccc(-c3cccc4oc5ccccc5c34)cc2)c1. The van der Waals surface area contributed by atoms with Crippen molar-refractivity contribution in [2.24, 2.45) is 0 Å². The van der Waals surface area contributed by atoms with Crippen molar-refractivity contribution in [2.45, 2.75) is 0 Å². The van der Waals surface area contributed by atoms with Crippen molar-refractivity contribution >= 4 is 60.5 Å². The molecule has 1 aromatic heterocycles. The number of hydrogen-bond acceptors (Lipinski definition) is 2. The van der Waals surface area contributed by atoms with E-state index in [4.69, 9.17) is 4.42 Å². The highest BCUT2D eigenvalue weighted by atomic mass is 16.3. The molecule has 0 saturated carbocycles. The van der Waals surface area contributed by atoms with Crippen LogP contribution in [0.1, 0.15) is 0 Å². The summed E-state index contributed by atoms with van der Waals surface area (Å²) in [5.41, 5.74) is 12.2. The molecule has 9 aromatic carbocycles. The van der Waals surface area contributed by atoms with Gasteiger partial charge in [0.25, 0.3) is 0 Å². The molecule has 2 nitrogen and oxygen atoms in total. The average Bonchev–Trinajstić information content (AvgIpc) is 3.60. The van der Waals surface area contributed by atoms with Crippen LogP contribution < -0.4 is 4.90 Å². The van der Waals surface area contributed by atoms with Crippen molar-refractivity contribution < 1.29 is 4.42 Å². The van der Waals surface area contributed by atoms with E-state index in [9.17, 15) is 0 Å². The van der Waals surface area contributed by atoms with Crippen molar-refractivity contribution in [1.82, 2.24) is 0 Å². The van der Waals surface area contributed by atoms with Crippen LogP contribution in [0.3, 0.4) is 0 Å². The Morgan fingerprint density at radius 3 is 1.67 bits per heavy atom. The zero-order valence-corrected chi connectivity index (χ0v) is 28.4. The van der Waals surface area contributed by atoms with Crippen molar-refractivity contribution in [2.75, 3.05) is 4.90 Å². The minimum atomic E-state index is 0.904. The molecule has 0 spiro atoms. The van der Waals surface area contributed by atoms with E-state index in [1.54, 1.807) is 0 Å². The Labute approximate surface area is 302 Å². The highest BCUT2D eigenvalue weighted by Crippen LogP contribution is 2.41. The first kappa shape index (κ1) is 30.0. The molecule has 0 radical (unpaired) electrons. The van der Waals surface area contributed by atoms with Gasteiger partial charge in [0.05, 0.1) is 0 Å². The van der Waals surface area contributed by atoms with Gasteiger partial charge in [0, 0.05) is 27.8 Å². The van der Waals surface area contributed by atoms with Crippen LogP contribution in [0.5, 0.6) is 0 Å². The van der Waals surface area contributed by atoms with Crippen LogP contribution in [-0.2, 0) is 0 Å². The quantitative estimate of drug-likeness (QED) is 0.176. The van der Waals surface area contributed by atoms with Gasteiger partial charge in [-0.25, -0.2) is 0 Å². The maximum atomic E-state index is 6.22. The number of nitrogens with zero attached hydrogens (tertiary/aromatic N) is 1. The number of hydrogen-bond donors (Lipinski definition) is 0. The fourth-order valence-corrected chi connectivity index (χ4v) is 7.71. The minimum absolute atomic E-state index is 0.904. The molecule has 0 saturated heterocycles. The molecule has 0 N–H and O–H groups in total. The Balaban J connectivity index is 1.09. The smallest absolute Gasteiger partial charge is 0.136 e. The molecule has 244 valence electrons. The number of benzene rings is 9. The zero-order valence-electron chi connectivity index (χ0n) is 28.4. The van der Waals surface area contributed by atoms with E-state index in [-0.39, 0.29) is 0 Å². The lowest BCUT2D eigenvalue weighted by molar-refractivity contribution is 0.669. The van der Waals surface area contributed by atoms with Gasteiger partial charge in [0.15, 0.2) is 0 Å². The molecule has 10 aromatic rings. The van der Waals surface area contributed by atoms with Gasteiger partial charge in [-0.1, -0.05) is 146 Å². The summed E-state index contributed by atoms with van der Waals surface area (Å²) < 4.78 is 6.22. The van der Waals surface area contributed by atoms with E-state index in [0.717, 1.165) is 44.6 Å². The Hall–Kier alpha value is -6.90.